The second-order valence-corrected chi connectivity index (χ2v) is 6.98. The van der Waals surface area contributed by atoms with Crippen LogP contribution in [0.2, 0.25) is 5.02 Å². The van der Waals surface area contributed by atoms with E-state index >= 15 is 0 Å². The van der Waals surface area contributed by atoms with Crippen molar-refractivity contribution in [2.45, 2.75) is 13.3 Å². The number of anilines is 2. The maximum absolute atomic E-state index is 12.4. The zero-order chi connectivity index (χ0) is 17.3. The molecule has 2 heterocycles. The first-order valence-electron chi connectivity index (χ1n) is 7.43. The molecule has 1 aliphatic heterocycles. The SMILES string of the molecule is Cc1cc(N2C[C@@H](C(=O)Nc3ccc(Cl)cn3)CC2=O)ccc1Br. The Kier molecular flexibility index (Phi) is 4.87. The molecule has 0 unspecified atom stereocenters. The highest BCUT2D eigenvalue weighted by atomic mass is 79.9. The van der Waals surface area contributed by atoms with Gasteiger partial charge in [0.15, 0.2) is 0 Å². The summed E-state index contributed by atoms with van der Waals surface area (Å²) in [5.41, 5.74) is 1.85. The zero-order valence-electron chi connectivity index (χ0n) is 12.9. The van der Waals surface area contributed by atoms with Crippen molar-refractivity contribution in [3.8, 4) is 0 Å². The van der Waals surface area contributed by atoms with E-state index in [1.165, 1.54) is 6.20 Å². The molecule has 1 aromatic carbocycles. The number of hydrogen-bond donors (Lipinski definition) is 1. The van der Waals surface area contributed by atoms with Crippen LogP contribution >= 0.6 is 27.5 Å². The molecule has 0 radical (unpaired) electrons. The monoisotopic (exact) mass is 407 g/mol. The Morgan fingerprint density at radius 3 is 2.83 bits per heavy atom. The van der Waals surface area contributed by atoms with E-state index in [0.717, 1.165) is 15.7 Å². The Hall–Kier alpha value is -1.92. The molecule has 0 spiro atoms. The van der Waals surface area contributed by atoms with Gasteiger partial charge < -0.3 is 10.2 Å². The molecule has 7 heteroatoms. The lowest BCUT2D eigenvalue weighted by molar-refractivity contribution is -0.122. The topological polar surface area (TPSA) is 62.3 Å². The van der Waals surface area contributed by atoms with Gasteiger partial charge in [0, 0.05) is 29.3 Å². The first-order chi connectivity index (χ1) is 11.4. The summed E-state index contributed by atoms with van der Waals surface area (Å²) in [6.45, 7) is 2.32. The van der Waals surface area contributed by atoms with Gasteiger partial charge in [0.2, 0.25) is 11.8 Å². The normalized spacial score (nSPS) is 17.2. The molecular formula is C17H15BrClN3O2. The summed E-state index contributed by atoms with van der Waals surface area (Å²) in [6, 6.07) is 9.00. The third-order valence-corrected chi connectivity index (χ3v) is 5.04. The second-order valence-electron chi connectivity index (χ2n) is 5.69. The van der Waals surface area contributed by atoms with E-state index in [1.807, 2.05) is 25.1 Å². The fraction of sp³-hybridized carbons (Fsp3) is 0.235. The number of benzene rings is 1. The lowest BCUT2D eigenvalue weighted by Crippen LogP contribution is -2.28. The first-order valence-corrected chi connectivity index (χ1v) is 8.60. The highest BCUT2D eigenvalue weighted by molar-refractivity contribution is 9.10. The standard InChI is InChI=1S/C17H15BrClN3O2/c1-10-6-13(3-4-14(10)18)22-9-11(7-16(22)23)17(24)21-15-5-2-12(19)8-20-15/h2-6,8,11H,7,9H2,1H3,(H,20,21,24)/t11-/m0/s1. The van der Waals surface area contributed by atoms with Gasteiger partial charge in [-0.3, -0.25) is 9.59 Å². The molecule has 2 amide bonds. The van der Waals surface area contributed by atoms with E-state index in [9.17, 15) is 9.59 Å². The molecule has 1 fully saturated rings. The molecule has 1 N–H and O–H groups in total. The molecule has 1 atom stereocenters. The Morgan fingerprint density at radius 2 is 2.17 bits per heavy atom. The highest BCUT2D eigenvalue weighted by Crippen LogP contribution is 2.29. The number of aryl methyl sites for hydroxylation is 1. The number of carbonyl (C=O) groups excluding carboxylic acids is 2. The summed E-state index contributed by atoms with van der Waals surface area (Å²) in [4.78, 5) is 30.3. The van der Waals surface area contributed by atoms with Gasteiger partial charge in [0.25, 0.3) is 0 Å². The third kappa shape index (κ3) is 3.60. The molecule has 24 heavy (non-hydrogen) atoms. The number of amides is 2. The molecule has 2 aromatic rings. The van der Waals surface area contributed by atoms with Crippen molar-refractivity contribution in [1.29, 1.82) is 0 Å². The fourth-order valence-corrected chi connectivity index (χ4v) is 2.97. The van der Waals surface area contributed by atoms with Crippen LogP contribution < -0.4 is 10.2 Å². The lowest BCUT2D eigenvalue weighted by atomic mass is 10.1. The van der Waals surface area contributed by atoms with Gasteiger partial charge in [-0.1, -0.05) is 27.5 Å². The van der Waals surface area contributed by atoms with Crippen LogP contribution in [0.15, 0.2) is 41.0 Å². The average molecular weight is 409 g/mol. The van der Waals surface area contributed by atoms with Crippen LogP contribution in [-0.2, 0) is 9.59 Å². The van der Waals surface area contributed by atoms with Crippen molar-refractivity contribution in [2.75, 3.05) is 16.8 Å². The molecular weight excluding hydrogens is 394 g/mol. The number of rotatable bonds is 3. The van der Waals surface area contributed by atoms with E-state index in [4.69, 9.17) is 11.6 Å². The number of nitrogens with one attached hydrogen (secondary N) is 1. The van der Waals surface area contributed by atoms with Crippen molar-refractivity contribution in [3.05, 3.63) is 51.6 Å². The Balaban J connectivity index is 1.70. The number of nitrogens with zero attached hydrogens (tertiary/aromatic N) is 2. The van der Waals surface area contributed by atoms with Gasteiger partial charge in [-0.05, 0) is 42.8 Å². The number of carbonyl (C=O) groups is 2. The summed E-state index contributed by atoms with van der Waals surface area (Å²) < 4.78 is 0.987. The minimum Gasteiger partial charge on any atom is -0.312 e. The largest absolute Gasteiger partial charge is 0.312 e. The van der Waals surface area contributed by atoms with E-state index in [1.54, 1.807) is 17.0 Å². The molecule has 3 rings (SSSR count). The van der Waals surface area contributed by atoms with Crippen LogP contribution in [0.25, 0.3) is 0 Å². The highest BCUT2D eigenvalue weighted by Gasteiger charge is 2.35. The fourth-order valence-electron chi connectivity index (χ4n) is 2.61. The predicted octanol–water partition coefficient (Wildman–Crippen LogP) is 3.80. The number of aromatic nitrogens is 1. The van der Waals surface area contributed by atoms with Crippen LogP contribution in [0.5, 0.6) is 0 Å². The van der Waals surface area contributed by atoms with Gasteiger partial charge in [0.05, 0.1) is 10.9 Å². The maximum Gasteiger partial charge on any atom is 0.230 e. The van der Waals surface area contributed by atoms with Crippen molar-refractivity contribution in [3.63, 3.8) is 0 Å². The van der Waals surface area contributed by atoms with Crippen molar-refractivity contribution >= 4 is 50.9 Å². The molecule has 124 valence electrons. The van der Waals surface area contributed by atoms with Crippen LogP contribution in [0.1, 0.15) is 12.0 Å². The summed E-state index contributed by atoms with van der Waals surface area (Å²) in [5.74, 6) is -0.246. The van der Waals surface area contributed by atoms with Crippen molar-refractivity contribution in [2.24, 2.45) is 5.92 Å². The minimum atomic E-state index is -0.404. The van der Waals surface area contributed by atoms with Gasteiger partial charge in [-0.15, -0.1) is 0 Å². The summed E-state index contributed by atoms with van der Waals surface area (Å²) >= 11 is 9.22. The number of hydrogen-bond acceptors (Lipinski definition) is 3. The minimum absolute atomic E-state index is 0.0547. The van der Waals surface area contributed by atoms with E-state index in [0.29, 0.717) is 17.4 Å². The second kappa shape index (κ2) is 6.91. The first kappa shape index (κ1) is 16.9. The van der Waals surface area contributed by atoms with Crippen LogP contribution in [0.3, 0.4) is 0 Å². The predicted molar refractivity (Wildman–Crippen MR) is 97.2 cm³/mol. The number of pyridine rings is 1. The Morgan fingerprint density at radius 1 is 1.38 bits per heavy atom. The maximum atomic E-state index is 12.4. The smallest absolute Gasteiger partial charge is 0.230 e. The quantitative estimate of drug-likeness (QED) is 0.840. The van der Waals surface area contributed by atoms with Crippen LogP contribution in [0.4, 0.5) is 11.5 Å². The molecule has 1 saturated heterocycles. The third-order valence-electron chi connectivity index (χ3n) is 3.93. The van der Waals surface area contributed by atoms with E-state index < -0.39 is 5.92 Å². The van der Waals surface area contributed by atoms with Crippen LogP contribution in [-0.4, -0.2) is 23.3 Å². The summed E-state index contributed by atoms with van der Waals surface area (Å²) in [5, 5.41) is 3.23. The number of halogens is 2. The van der Waals surface area contributed by atoms with Crippen molar-refractivity contribution < 1.29 is 9.59 Å². The average Bonchev–Trinajstić information content (AvgIpc) is 2.94. The summed E-state index contributed by atoms with van der Waals surface area (Å²) in [6.07, 6.45) is 1.66. The molecule has 1 aromatic heterocycles. The summed E-state index contributed by atoms with van der Waals surface area (Å²) in [7, 11) is 0. The Labute approximate surface area is 153 Å². The molecule has 1 aliphatic rings. The van der Waals surface area contributed by atoms with E-state index in [2.05, 4.69) is 26.2 Å². The molecule has 0 aliphatic carbocycles. The van der Waals surface area contributed by atoms with Gasteiger partial charge in [0.1, 0.15) is 5.82 Å². The molecule has 0 saturated carbocycles. The lowest BCUT2D eigenvalue weighted by Gasteiger charge is -2.17. The van der Waals surface area contributed by atoms with Crippen molar-refractivity contribution in [1.82, 2.24) is 4.98 Å². The van der Waals surface area contributed by atoms with Crippen LogP contribution in [0, 0.1) is 12.8 Å². The van der Waals surface area contributed by atoms with E-state index in [-0.39, 0.29) is 18.2 Å². The molecule has 5 nitrogen and oxygen atoms in total. The zero-order valence-corrected chi connectivity index (χ0v) is 15.3. The van der Waals surface area contributed by atoms with Gasteiger partial charge in [-0.25, -0.2) is 4.98 Å². The Bertz CT molecular complexity index is 795. The van der Waals surface area contributed by atoms with Gasteiger partial charge >= 0.3 is 0 Å². The van der Waals surface area contributed by atoms with Gasteiger partial charge in [-0.2, -0.15) is 0 Å². The molecule has 0 bridgehead atoms.